The Morgan fingerprint density at radius 2 is 2.21 bits per heavy atom. The zero-order valence-electron chi connectivity index (χ0n) is 11.3. The van der Waals surface area contributed by atoms with Gasteiger partial charge in [-0.25, -0.2) is 9.18 Å². The molecule has 0 fully saturated rings. The highest BCUT2D eigenvalue weighted by Gasteiger charge is 2.14. The van der Waals surface area contributed by atoms with Crippen molar-refractivity contribution in [3.63, 3.8) is 0 Å². The Bertz CT molecular complexity index is 452. The number of hydrogen-bond donors (Lipinski definition) is 2. The van der Waals surface area contributed by atoms with Crippen LogP contribution in [-0.2, 0) is 9.47 Å². The molecule has 0 spiro atoms. The summed E-state index contributed by atoms with van der Waals surface area (Å²) >= 11 is 0. The van der Waals surface area contributed by atoms with Gasteiger partial charge in [0.15, 0.2) is 0 Å². The first-order valence-electron chi connectivity index (χ1n) is 6.02. The number of anilines is 2. The Morgan fingerprint density at radius 1 is 1.53 bits per heavy atom. The van der Waals surface area contributed by atoms with Crippen LogP contribution in [0.5, 0.6) is 0 Å². The van der Waals surface area contributed by atoms with Gasteiger partial charge in [-0.15, -0.1) is 0 Å². The van der Waals surface area contributed by atoms with E-state index in [-0.39, 0.29) is 24.0 Å². The SMILES string of the molecule is CCOC(=O)c1cc(F)c(N)c(NC[C@@H](C)OC)c1. The van der Waals surface area contributed by atoms with Crippen molar-refractivity contribution in [2.75, 3.05) is 31.3 Å². The molecule has 1 rings (SSSR count). The number of hydrogen-bond acceptors (Lipinski definition) is 5. The van der Waals surface area contributed by atoms with E-state index in [0.29, 0.717) is 12.2 Å². The molecule has 0 aliphatic carbocycles. The van der Waals surface area contributed by atoms with Crippen LogP contribution in [0.2, 0.25) is 0 Å². The minimum Gasteiger partial charge on any atom is -0.462 e. The van der Waals surface area contributed by atoms with Crippen LogP contribution in [0.3, 0.4) is 0 Å². The van der Waals surface area contributed by atoms with Crippen LogP contribution in [0.4, 0.5) is 15.8 Å². The summed E-state index contributed by atoms with van der Waals surface area (Å²) in [7, 11) is 1.57. The molecule has 0 unspecified atom stereocenters. The molecule has 5 nitrogen and oxygen atoms in total. The molecule has 0 saturated carbocycles. The van der Waals surface area contributed by atoms with Gasteiger partial charge < -0.3 is 20.5 Å². The van der Waals surface area contributed by atoms with Crippen molar-refractivity contribution in [1.82, 2.24) is 0 Å². The van der Waals surface area contributed by atoms with Crippen LogP contribution in [-0.4, -0.2) is 32.3 Å². The van der Waals surface area contributed by atoms with E-state index in [0.717, 1.165) is 6.07 Å². The lowest BCUT2D eigenvalue weighted by Gasteiger charge is -2.15. The summed E-state index contributed by atoms with van der Waals surface area (Å²) in [5.74, 6) is -1.23. The van der Waals surface area contributed by atoms with E-state index < -0.39 is 11.8 Å². The summed E-state index contributed by atoms with van der Waals surface area (Å²) in [6.07, 6.45) is -0.0614. The smallest absolute Gasteiger partial charge is 0.338 e. The van der Waals surface area contributed by atoms with Crippen molar-refractivity contribution in [2.24, 2.45) is 0 Å². The van der Waals surface area contributed by atoms with Crippen molar-refractivity contribution in [3.8, 4) is 0 Å². The molecule has 1 aromatic rings. The first-order valence-corrected chi connectivity index (χ1v) is 6.02. The summed E-state index contributed by atoms with van der Waals surface area (Å²) in [5.41, 5.74) is 6.07. The van der Waals surface area contributed by atoms with Crippen LogP contribution < -0.4 is 11.1 Å². The third-order valence-corrected chi connectivity index (χ3v) is 2.62. The van der Waals surface area contributed by atoms with Gasteiger partial charge in [-0.2, -0.15) is 0 Å². The predicted molar refractivity (Wildman–Crippen MR) is 71.7 cm³/mol. The van der Waals surface area contributed by atoms with Crippen LogP contribution in [0.15, 0.2) is 12.1 Å². The second-order valence-electron chi connectivity index (χ2n) is 4.07. The second kappa shape index (κ2) is 6.94. The molecule has 0 aliphatic rings. The summed E-state index contributed by atoms with van der Waals surface area (Å²) in [6.45, 7) is 4.22. The average Bonchev–Trinajstić information content (AvgIpc) is 2.40. The number of nitrogen functional groups attached to an aromatic ring is 1. The summed E-state index contributed by atoms with van der Waals surface area (Å²) in [5, 5.41) is 2.94. The Balaban J connectivity index is 2.93. The molecule has 3 N–H and O–H groups in total. The molecule has 0 bridgehead atoms. The first kappa shape index (κ1) is 15.2. The standard InChI is InChI=1S/C13H19FN2O3/c1-4-19-13(17)9-5-10(14)12(15)11(6-9)16-7-8(2)18-3/h5-6,8,16H,4,7,15H2,1-3H3/t8-/m1/s1. The van der Waals surface area contributed by atoms with E-state index >= 15 is 0 Å². The van der Waals surface area contributed by atoms with Gasteiger partial charge in [0.2, 0.25) is 0 Å². The van der Waals surface area contributed by atoms with Crippen LogP contribution in [0.1, 0.15) is 24.2 Å². The zero-order chi connectivity index (χ0) is 14.4. The molecular formula is C13H19FN2O3. The molecule has 0 heterocycles. The third kappa shape index (κ3) is 4.10. The van der Waals surface area contributed by atoms with E-state index in [2.05, 4.69) is 5.32 Å². The van der Waals surface area contributed by atoms with Crippen molar-refractivity contribution in [1.29, 1.82) is 0 Å². The van der Waals surface area contributed by atoms with E-state index in [1.807, 2.05) is 6.92 Å². The Hall–Kier alpha value is -1.82. The Kier molecular flexibility index (Phi) is 5.57. The highest BCUT2D eigenvalue weighted by molar-refractivity contribution is 5.92. The van der Waals surface area contributed by atoms with Gasteiger partial charge >= 0.3 is 5.97 Å². The number of esters is 1. The average molecular weight is 270 g/mol. The molecule has 0 saturated heterocycles. The highest BCUT2D eigenvalue weighted by Crippen LogP contribution is 2.24. The fourth-order valence-electron chi connectivity index (χ4n) is 1.43. The van der Waals surface area contributed by atoms with E-state index in [1.165, 1.54) is 6.07 Å². The minimum absolute atomic E-state index is 0.0312. The zero-order valence-corrected chi connectivity index (χ0v) is 11.3. The van der Waals surface area contributed by atoms with Crippen molar-refractivity contribution >= 4 is 17.3 Å². The predicted octanol–water partition coefficient (Wildman–Crippen LogP) is 2.03. The van der Waals surface area contributed by atoms with Crippen molar-refractivity contribution < 1.29 is 18.7 Å². The van der Waals surface area contributed by atoms with E-state index in [4.69, 9.17) is 15.2 Å². The molecular weight excluding hydrogens is 251 g/mol. The fraction of sp³-hybridized carbons (Fsp3) is 0.462. The summed E-state index contributed by atoms with van der Waals surface area (Å²) in [4.78, 5) is 11.6. The number of nitrogens with one attached hydrogen (secondary N) is 1. The van der Waals surface area contributed by atoms with Crippen LogP contribution in [0.25, 0.3) is 0 Å². The molecule has 6 heteroatoms. The molecule has 19 heavy (non-hydrogen) atoms. The number of ether oxygens (including phenoxy) is 2. The molecule has 0 aromatic heterocycles. The van der Waals surface area contributed by atoms with Gasteiger partial charge in [-0.3, -0.25) is 0 Å². The minimum atomic E-state index is -0.655. The summed E-state index contributed by atoms with van der Waals surface area (Å²) < 4.78 is 23.5. The monoisotopic (exact) mass is 270 g/mol. The van der Waals surface area contributed by atoms with Crippen LogP contribution >= 0.6 is 0 Å². The van der Waals surface area contributed by atoms with Gasteiger partial charge in [0, 0.05) is 13.7 Å². The van der Waals surface area contributed by atoms with Gasteiger partial charge in [0.05, 0.1) is 29.6 Å². The van der Waals surface area contributed by atoms with Crippen molar-refractivity contribution in [3.05, 3.63) is 23.5 Å². The molecule has 1 aromatic carbocycles. The van der Waals surface area contributed by atoms with Gasteiger partial charge in [-0.05, 0) is 26.0 Å². The van der Waals surface area contributed by atoms with Crippen molar-refractivity contribution in [2.45, 2.75) is 20.0 Å². The maximum Gasteiger partial charge on any atom is 0.338 e. The number of rotatable bonds is 6. The molecule has 1 atom stereocenters. The number of nitrogens with two attached hydrogens (primary N) is 1. The van der Waals surface area contributed by atoms with Gasteiger partial charge in [0.1, 0.15) is 5.82 Å². The maximum atomic E-state index is 13.6. The first-order chi connectivity index (χ1) is 8.99. The number of halogens is 1. The maximum absolute atomic E-state index is 13.6. The van der Waals surface area contributed by atoms with Gasteiger partial charge in [0.25, 0.3) is 0 Å². The largest absolute Gasteiger partial charge is 0.462 e. The molecule has 0 radical (unpaired) electrons. The second-order valence-corrected chi connectivity index (χ2v) is 4.07. The lowest BCUT2D eigenvalue weighted by atomic mass is 10.1. The third-order valence-electron chi connectivity index (χ3n) is 2.62. The number of carbonyl (C=O) groups excluding carboxylic acids is 1. The van der Waals surface area contributed by atoms with E-state index in [9.17, 15) is 9.18 Å². The lowest BCUT2D eigenvalue weighted by molar-refractivity contribution is 0.0526. The normalized spacial score (nSPS) is 12.0. The van der Waals surface area contributed by atoms with Gasteiger partial charge in [-0.1, -0.05) is 0 Å². The lowest BCUT2D eigenvalue weighted by Crippen LogP contribution is -2.19. The molecule has 0 amide bonds. The number of carbonyl (C=O) groups is 1. The van der Waals surface area contributed by atoms with Crippen LogP contribution in [0, 0.1) is 5.82 Å². The Labute approximate surface area is 111 Å². The number of benzene rings is 1. The summed E-state index contributed by atoms with van der Waals surface area (Å²) in [6, 6.07) is 2.54. The number of methoxy groups -OCH3 is 1. The topological polar surface area (TPSA) is 73.6 Å². The highest BCUT2D eigenvalue weighted by atomic mass is 19.1. The van der Waals surface area contributed by atoms with E-state index in [1.54, 1.807) is 14.0 Å². The fourth-order valence-corrected chi connectivity index (χ4v) is 1.43. The Morgan fingerprint density at radius 3 is 2.79 bits per heavy atom. The quantitative estimate of drug-likeness (QED) is 0.611. The molecule has 0 aliphatic heterocycles. The molecule has 106 valence electrons.